The summed E-state index contributed by atoms with van der Waals surface area (Å²) in [4.78, 5) is 11.0. The maximum atomic E-state index is 5.53. The van der Waals surface area contributed by atoms with Gasteiger partial charge in [0.15, 0.2) is 5.96 Å². The van der Waals surface area contributed by atoms with Crippen LogP contribution in [-0.2, 0) is 6.42 Å². The number of thiophene rings is 1. The summed E-state index contributed by atoms with van der Waals surface area (Å²) in [6.07, 6.45) is 2.23. The summed E-state index contributed by atoms with van der Waals surface area (Å²) in [6.45, 7) is 6.94. The number of anilines is 1. The van der Waals surface area contributed by atoms with Crippen LogP contribution in [0.1, 0.15) is 18.2 Å². The van der Waals surface area contributed by atoms with Gasteiger partial charge >= 0.3 is 0 Å². The predicted octanol–water partition coefficient (Wildman–Crippen LogP) is 3.72. The minimum absolute atomic E-state index is 0.573. The third-order valence-corrected chi connectivity index (χ3v) is 6.12. The van der Waals surface area contributed by atoms with Gasteiger partial charge in [0.2, 0.25) is 0 Å². The number of ether oxygens (including phenoxy) is 1. The van der Waals surface area contributed by atoms with Crippen molar-refractivity contribution in [3.63, 3.8) is 0 Å². The summed E-state index contributed by atoms with van der Waals surface area (Å²) in [5.41, 5.74) is 1.19. The van der Waals surface area contributed by atoms with Gasteiger partial charge in [-0.15, -0.1) is 11.3 Å². The van der Waals surface area contributed by atoms with E-state index >= 15 is 0 Å². The third kappa shape index (κ3) is 5.41. The number of aliphatic imine (C=N–C) groups is 1. The van der Waals surface area contributed by atoms with Crippen LogP contribution in [0.25, 0.3) is 0 Å². The number of hydrogen-bond donors (Lipinski definition) is 1. The Kier molecular flexibility index (Phi) is 7.60. The van der Waals surface area contributed by atoms with Gasteiger partial charge in [0.1, 0.15) is 5.75 Å². The average molecular weight is 401 g/mol. The molecule has 28 heavy (non-hydrogen) atoms. The van der Waals surface area contributed by atoms with Crippen LogP contribution < -0.4 is 15.0 Å². The van der Waals surface area contributed by atoms with Gasteiger partial charge in [0.25, 0.3) is 0 Å². The number of methoxy groups -OCH3 is 1. The van der Waals surface area contributed by atoms with Gasteiger partial charge in [0, 0.05) is 44.6 Å². The van der Waals surface area contributed by atoms with E-state index in [1.165, 1.54) is 17.0 Å². The molecule has 1 aromatic carbocycles. The molecule has 1 atom stereocenters. The maximum absolute atomic E-state index is 5.53. The zero-order valence-corrected chi connectivity index (χ0v) is 18.0. The highest BCUT2D eigenvalue weighted by Crippen LogP contribution is 2.32. The number of hydrogen-bond acceptors (Lipinski definition) is 4. The van der Waals surface area contributed by atoms with Gasteiger partial charge in [-0.1, -0.05) is 18.2 Å². The Morgan fingerprint density at radius 3 is 2.93 bits per heavy atom. The summed E-state index contributed by atoms with van der Waals surface area (Å²) in [5.74, 6) is 2.53. The van der Waals surface area contributed by atoms with Gasteiger partial charge < -0.3 is 19.9 Å². The van der Waals surface area contributed by atoms with Crippen LogP contribution in [0.5, 0.6) is 5.75 Å². The van der Waals surface area contributed by atoms with E-state index in [0.717, 1.165) is 50.9 Å². The molecular formula is C22H32N4OS. The molecule has 3 rings (SSSR count). The summed E-state index contributed by atoms with van der Waals surface area (Å²) < 4.78 is 5.53. The summed E-state index contributed by atoms with van der Waals surface area (Å²) >= 11 is 1.82. The van der Waals surface area contributed by atoms with E-state index in [2.05, 4.69) is 58.7 Å². The topological polar surface area (TPSA) is 40.1 Å². The van der Waals surface area contributed by atoms with E-state index in [1.807, 2.05) is 23.5 Å². The summed E-state index contributed by atoms with van der Waals surface area (Å²) in [6, 6.07) is 12.6. The molecule has 0 amide bonds. The minimum atomic E-state index is 0.573. The number of nitrogens with one attached hydrogen (secondary N) is 1. The maximum Gasteiger partial charge on any atom is 0.193 e. The van der Waals surface area contributed by atoms with Crippen LogP contribution in [0.2, 0.25) is 0 Å². The van der Waals surface area contributed by atoms with Crippen LogP contribution >= 0.6 is 11.3 Å². The van der Waals surface area contributed by atoms with Gasteiger partial charge in [-0.25, -0.2) is 0 Å². The number of benzene rings is 1. The van der Waals surface area contributed by atoms with Crippen molar-refractivity contribution >= 4 is 23.0 Å². The van der Waals surface area contributed by atoms with Crippen LogP contribution in [0.4, 0.5) is 5.69 Å². The number of para-hydroxylation sites is 2. The average Bonchev–Trinajstić information content (AvgIpc) is 3.41. The Bertz CT molecular complexity index is 747. The molecule has 1 N–H and O–H groups in total. The summed E-state index contributed by atoms with van der Waals surface area (Å²) in [7, 11) is 3.87. The lowest BCUT2D eigenvalue weighted by atomic mass is 10.1. The SMILES string of the molecule is CCNC(=NCC1CCN(c2ccccc2OC)C1)N(C)CCc1cccs1. The molecule has 152 valence electrons. The molecule has 5 nitrogen and oxygen atoms in total. The van der Waals surface area contributed by atoms with Gasteiger partial charge in [-0.05, 0) is 49.3 Å². The molecule has 1 aliphatic rings. The van der Waals surface area contributed by atoms with Crippen molar-refractivity contribution in [2.75, 3.05) is 51.8 Å². The van der Waals surface area contributed by atoms with Crippen molar-refractivity contribution in [2.45, 2.75) is 19.8 Å². The lowest BCUT2D eigenvalue weighted by Crippen LogP contribution is -2.40. The highest BCUT2D eigenvalue weighted by atomic mass is 32.1. The zero-order chi connectivity index (χ0) is 19.8. The van der Waals surface area contributed by atoms with Crippen molar-refractivity contribution in [1.29, 1.82) is 0 Å². The number of guanidine groups is 1. The van der Waals surface area contributed by atoms with E-state index in [4.69, 9.17) is 9.73 Å². The second-order valence-electron chi connectivity index (χ2n) is 7.22. The molecule has 0 saturated carbocycles. The predicted molar refractivity (Wildman–Crippen MR) is 120 cm³/mol. The van der Waals surface area contributed by atoms with E-state index in [9.17, 15) is 0 Å². The molecule has 0 bridgehead atoms. The van der Waals surface area contributed by atoms with E-state index < -0.39 is 0 Å². The molecular weight excluding hydrogens is 368 g/mol. The lowest BCUT2D eigenvalue weighted by molar-refractivity contribution is 0.414. The van der Waals surface area contributed by atoms with E-state index in [0.29, 0.717) is 5.92 Å². The fourth-order valence-electron chi connectivity index (χ4n) is 3.62. The molecule has 2 aromatic rings. The normalized spacial score (nSPS) is 17.0. The molecule has 0 radical (unpaired) electrons. The molecule has 0 spiro atoms. The molecule has 1 fully saturated rings. The van der Waals surface area contributed by atoms with Gasteiger partial charge in [0.05, 0.1) is 12.8 Å². The van der Waals surface area contributed by atoms with Crippen molar-refractivity contribution in [3.8, 4) is 5.75 Å². The zero-order valence-electron chi connectivity index (χ0n) is 17.2. The second kappa shape index (κ2) is 10.4. The van der Waals surface area contributed by atoms with Crippen molar-refractivity contribution in [3.05, 3.63) is 46.7 Å². The first-order valence-electron chi connectivity index (χ1n) is 10.1. The Morgan fingerprint density at radius 2 is 2.18 bits per heavy atom. The first kappa shape index (κ1) is 20.5. The minimum Gasteiger partial charge on any atom is -0.495 e. The largest absolute Gasteiger partial charge is 0.495 e. The lowest BCUT2D eigenvalue weighted by Gasteiger charge is -2.23. The monoisotopic (exact) mass is 400 g/mol. The van der Waals surface area contributed by atoms with E-state index in [-0.39, 0.29) is 0 Å². The standard InChI is InChI=1S/C22H32N4OS/c1-4-23-22(25(2)13-12-19-8-7-15-28-19)24-16-18-11-14-26(17-18)20-9-5-6-10-21(20)27-3/h5-10,15,18H,4,11-14,16-17H2,1-3H3,(H,23,24). The Morgan fingerprint density at radius 1 is 1.32 bits per heavy atom. The molecule has 1 unspecified atom stereocenters. The highest BCUT2D eigenvalue weighted by Gasteiger charge is 2.24. The number of likely N-dealkylation sites (N-methyl/N-ethyl adjacent to an activating group) is 1. The van der Waals surface area contributed by atoms with Crippen LogP contribution in [0.15, 0.2) is 46.8 Å². The fourth-order valence-corrected chi connectivity index (χ4v) is 4.31. The first-order valence-corrected chi connectivity index (χ1v) is 11.0. The van der Waals surface area contributed by atoms with Crippen LogP contribution in [0, 0.1) is 5.92 Å². The third-order valence-electron chi connectivity index (χ3n) is 5.18. The van der Waals surface area contributed by atoms with Gasteiger partial charge in [-0.2, -0.15) is 0 Å². The smallest absolute Gasteiger partial charge is 0.193 e. The first-order chi connectivity index (χ1) is 13.7. The van der Waals surface area contributed by atoms with Gasteiger partial charge in [-0.3, -0.25) is 4.99 Å². The number of rotatable bonds is 8. The van der Waals surface area contributed by atoms with Crippen LogP contribution in [-0.4, -0.2) is 57.7 Å². The molecule has 1 aromatic heterocycles. The van der Waals surface area contributed by atoms with Crippen molar-refractivity contribution in [1.82, 2.24) is 10.2 Å². The summed E-state index contributed by atoms with van der Waals surface area (Å²) in [5, 5.41) is 5.58. The van der Waals surface area contributed by atoms with Crippen LogP contribution in [0.3, 0.4) is 0 Å². The number of nitrogens with zero attached hydrogens (tertiary/aromatic N) is 3. The Balaban J connectivity index is 1.55. The highest BCUT2D eigenvalue weighted by molar-refractivity contribution is 7.09. The van der Waals surface area contributed by atoms with E-state index in [1.54, 1.807) is 7.11 Å². The van der Waals surface area contributed by atoms with Crippen molar-refractivity contribution in [2.24, 2.45) is 10.9 Å². The molecule has 2 heterocycles. The second-order valence-corrected chi connectivity index (χ2v) is 8.25. The molecule has 1 saturated heterocycles. The Hall–Kier alpha value is -2.21. The Labute approximate surface area is 173 Å². The molecule has 1 aliphatic heterocycles. The fraction of sp³-hybridized carbons (Fsp3) is 0.500. The quantitative estimate of drug-likeness (QED) is 0.542. The molecule has 0 aliphatic carbocycles. The molecule has 6 heteroatoms. The van der Waals surface area contributed by atoms with Crippen molar-refractivity contribution < 1.29 is 4.74 Å².